The van der Waals surface area contributed by atoms with Gasteiger partial charge in [0.25, 0.3) is 0 Å². The van der Waals surface area contributed by atoms with Crippen molar-refractivity contribution in [2.24, 2.45) is 5.73 Å². The Morgan fingerprint density at radius 2 is 2.31 bits per heavy atom. The summed E-state index contributed by atoms with van der Waals surface area (Å²) in [6.07, 6.45) is 5.14. The zero-order chi connectivity index (χ0) is 9.26. The molecule has 0 radical (unpaired) electrons. The lowest BCUT2D eigenvalue weighted by Gasteiger charge is -1.99. The van der Waals surface area contributed by atoms with E-state index < -0.39 is 0 Å². The third-order valence-electron chi connectivity index (χ3n) is 2.12. The maximum atomic E-state index is 5.74. The minimum absolute atomic E-state index is 0.234. The van der Waals surface area contributed by atoms with Gasteiger partial charge in [0.2, 0.25) is 0 Å². The smallest absolute Gasteiger partial charge is 0.0452 e. The lowest BCUT2D eigenvalue weighted by Crippen LogP contribution is -2.17. The highest BCUT2D eigenvalue weighted by Crippen LogP contribution is 2.10. The molecular weight excluding hydrogens is 160 g/mol. The number of aromatic nitrogens is 1. The predicted molar refractivity (Wildman–Crippen MR) is 54.8 cm³/mol. The number of hydrogen-bond acceptors (Lipinski definition) is 1. The topological polar surface area (TPSA) is 30.4 Å². The monoisotopic (exact) mass is 174 g/mol. The number of rotatable bonds is 2. The van der Waals surface area contributed by atoms with Crippen molar-refractivity contribution in [3.8, 4) is 0 Å². The van der Waals surface area contributed by atoms with E-state index in [0.29, 0.717) is 0 Å². The minimum atomic E-state index is 0.234. The molecule has 2 heterocycles. The van der Waals surface area contributed by atoms with Gasteiger partial charge in [-0.3, -0.25) is 0 Å². The fourth-order valence-electron chi connectivity index (χ4n) is 1.60. The fraction of sp³-hybridized carbons (Fsp3) is 0.273. The Bertz CT molecular complexity index is 368. The Labute approximate surface area is 78.0 Å². The Kier molecular flexibility index (Phi) is 2.07. The molecule has 0 aliphatic heterocycles. The molecule has 0 saturated carbocycles. The van der Waals surface area contributed by atoms with Crippen LogP contribution in [0.5, 0.6) is 0 Å². The second kappa shape index (κ2) is 3.23. The van der Waals surface area contributed by atoms with Crippen molar-refractivity contribution in [1.29, 1.82) is 0 Å². The van der Waals surface area contributed by atoms with Gasteiger partial charge in [-0.15, -0.1) is 0 Å². The standard InChI is InChI=1S/C11H14N2/c1-9(12)6-10-7-11-4-2-3-5-13(11)8-10/h2-5,7-9H,6,12H2,1H3. The van der Waals surface area contributed by atoms with Crippen molar-refractivity contribution in [3.05, 3.63) is 42.2 Å². The van der Waals surface area contributed by atoms with Crippen molar-refractivity contribution in [3.63, 3.8) is 0 Å². The fourth-order valence-corrected chi connectivity index (χ4v) is 1.60. The summed E-state index contributed by atoms with van der Waals surface area (Å²) in [4.78, 5) is 0. The second-order valence-electron chi connectivity index (χ2n) is 3.56. The zero-order valence-corrected chi connectivity index (χ0v) is 7.77. The molecule has 1 unspecified atom stereocenters. The average molecular weight is 174 g/mol. The summed E-state index contributed by atoms with van der Waals surface area (Å²) in [5.74, 6) is 0. The van der Waals surface area contributed by atoms with Crippen molar-refractivity contribution in [1.82, 2.24) is 4.40 Å². The zero-order valence-electron chi connectivity index (χ0n) is 7.77. The average Bonchev–Trinajstić information content (AvgIpc) is 2.44. The van der Waals surface area contributed by atoms with Crippen LogP contribution in [0.1, 0.15) is 12.5 Å². The summed E-state index contributed by atoms with van der Waals surface area (Å²) in [5.41, 5.74) is 8.28. The quantitative estimate of drug-likeness (QED) is 0.739. The van der Waals surface area contributed by atoms with Gasteiger partial charge in [-0.1, -0.05) is 6.07 Å². The Morgan fingerprint density at radius 1 is 1.46 bits per heavy atom. The van der Waals surface area contributed by atoms with Crippen LogP contribution in [0.3, 0.4) is 0 Å². The van der Waals surface area contributed by atoms with Gasteiger partial charge in [-0.25, -0.2) is 0 Å². The molecule has 2 heteroatoms. The molecule has 13 heavy (non-hydrogen) atoms. The minimum Gasteiger partial charge on any atom is -0.328 e. The molecule has 0 aromatic carbocycles. The maximum absolute atomic E-state index is 5.74. The van der Waals surface area contributed by atoms with Gasteiger partial charge < -0.3 is 10.1 Å². The number of nitrogens with two attached hydrogens (primary N) is 1. The van der Waals surface area contributed by atoms with E-state index in [2.05, 4.69) is 28.9 Å². The maximum Gasteiger partial charge on any atom is 0.0452 e. The SMILES string of the molecule is CC(N)Cc1cc2ccccn2c1. The molecule has 0 fully saturated rings. The highest BCUT2D eigenvalue weighted by Gasteiger charge is 2.00. The summed E-state index contributed by atoms with van der Waals surface area (Å²) in [5, 5.41) is 0. The highest BCUT2D eigenvalue weighted by molar-refractivity contribution is 5.50. The summed E-state index contributed by atoms with van der Waals surface area (Å²) in [7, 11) is 0. The van der Waals surface area contributed by atoms with Crippen LogP contribution in [0.25, 0.3) is 5.52 Å². The van der Waals surface area contributed by atoms with Crippen molar-refractivity contribution in [2.75, 3.05) is 0 Å². The summed E-state index contributed by atoms with van der Waals surface area (Å²) < 4.78 is 2.12. The molecular formula is C11H14N2. The molecule has 2 aromatic rings. The van der Waals surface area contributed by atoms with Crippen LogP contribution >= 0.6 is 0 Å². The van der Waals surface area contributed by atoms with E-state index in [4.69, 9.17) is 5.73 Å². The van der Waals surface area contributed by atoms with Gasteiger partial charge in [-0.2, -0.15) is 0 Å². The van der Waals surface area contributed by atoms with E-state index >= 15 is 0 Å². The Balaban J connectivity index is 2.38. The number of fused-ring (bicyclic) bond motifs is 1. The predicted octanol–water partition coefficient (Wildman–Crippen LogP) is 1.83. The molecule has 0 saturated heterocycles. The van der Waals surface area contributed by atoms with E-state index in [0.717, 1.165) is 6.42 Å². The third-order valence-corrected chi connectivity index (χ3v) is 2.12. The largest absolute Gasteiger partial charge is 0.328 e. The van der Waals surface area contributed by atoms with Crippen LogP contribution in [0.4, 0.5) is 0 Å². The van der Waals surface area contributed by atoms with Crippen LogP contribution in [0.15, 0.2) is 36.7 Å². The van der Waals surface area contributed by atoms with Crippen LogP contribution in [-0.4, -0.2) is 10.4 Å². The van der Waals surface area contributed by atoms with E-state index in [1.54, 1.807) is 0 Å². The van der Waals surface area contributed by atoms with Gasteiger partial charge >= 0.3 is 0 Å². The lowest BCUT2D eigenvalue weighted by molar-refractivity contribution is 0.738. The summed E-state index contributed by atoms with van der Waals surface area (Å²) in [6, 6.07) is 8.60. The third kappa shape index (κ3) is 1.73. The molecule has 1 atom stereocenters. The van der Waals surface area contributed by atoms with E-state index in [-0.39, 0.29) is 6.04 Å². The Hall–Kier alpha value is -1.28. The number of hydrogen-bond donors (Lipinski definition) is 1. The normalized spacial score (nSPS) is 13.4. The first-order valence-electron chi connectivity index (χ1n) is 4.57. The first-order chi connectivity index (χ1) is 6.25. The molecule has 2 N–H and O–H groups in total. The summed E-state index contributed by atoms with van der Waals surface area (Å²) >= 11 is 0. The van der Waals surface area contributed by atoms with E-state index in [1.165, 1.54) is 11.1 Å². The molecule has 0 spiro atoms. The van der Waals surface area contributed by atoms with Gasteiger partial charge in [0.1, 0.15) is 0 Å². The van der Waals surface area contributed by atoms with Gasteiger partial charge in [0, 0.05) is 24.0 Å². The van der Waals surface area contributed by atoms with E-state index in [1.807, 2.05) is 19.1 Å². The number of pyridine rings is 1. The number of nitrogens with zero attached hydrogens (tertiary/aromatic N) is 1. The molecule has 0 bridgehead atoms. The highest BCUT2D eigenvalue weighted by atomic mass is 14.8. The molecule has 68 valence electrons. The first-order valence-corrected chi connectivity index (χ1v) is 4.57. The van der Waals surface area contributed by atoms with E-state index in [9.17, 15) is 0 Å². The second-order valence-corrected chi connectivity index (χ2v) is 3.56. The van der Waals surface area contributed by atoms with Gasteiger partial charge in [-0.05, 0) is 37.1 Å². The van der Waals surface area contributed by atoms with Crippen molar-refractivity contribution >= 4 is 5.52 Å². The van der Waals surface area contributed by atoms with Gasteiger partial charge in [0.15, 0.2) is 0 Å². The molecule has 0 amide bonds. The van der Waals surface area contributed by atoms with Crippen molar-refractivity contribution < 1.29 is 0 Å². The molecule has 0 aliphatic carbocycles. The Morgan fingerprint density at radius 3 is 3.00 bits per heavy atom. The van der Waals surface area contributed by atoms with Crippen LogP contribution in [0.2, 0.25) is 0 Å². The van der Waals surface area contributed by atoms with Crippen LogP contribution in [0, 0.1) is 0 Å². The first kappa shape index (κ1) is 8.32. The molecule has 2 aromatic heterocycles. The van der Waals surface area contributed by atoms with Crippen LogP contribution < -0.4 is 5.73 Å². The molecule has 2 rings (SSSR count). The van der Waals surface area contributed by atoms with Crippen LogP contribution in [-0.2, 0) is 6.42 Å². The van der Waals surface area contributed by atoms with Gasteiger partial charge in [0.05, 0.1) is 0 Å². The molecule has 0 aliphatic rings. The molecule has 2 nitrogen and oxygen atoms in total. The summed E-state index contributed by atoms with van der Waals surface area (Å²) in [6.45, 7) is 2.03. The lowest BCUT2D eigenvalue weighted by atomic mass is 10.1. The van der Waals surface area contributed by atoms with Crippen molar-refractivity contribution in [2.45, 2.75) is 19.4 Å².